The van der Waals surface area contributed by atoms with Gasteiger partial charge >= 0.3 is 12.1 Å². The van der Waals surface area contributed by atoms with Gasteiger partial charge in [-0.25, -0.2) is 9.59 Å². The number of alkyl carbamates (subject to hydrolysis) is 1. The first-order valence-corrected chi connectivity index (χ1v) is 6.03. The van der Waals surface area contributed by atoms with Crippen molar-refractivity contribution < 1.29 is 29.0 Å². The highest BCUT2D eigenvalue weighted by atomic mass is 16.6. The largest absolute Gasteiger partial charge is 0.475 e. The van der Waals surface area contributed by atoms with Crippen molar-refractivity contribution in [1.29, 1.82) is 0 Å². The molecule has 1 atom stereocenters. The first-order chi connectivity index (χ1) is 9.07. The van der Waals surface area contributed by atoms with E-state index in [2.05, 4.69) is 5.32 Å². The summed E-state index contributed by atoms with van der Waals surface area (Å²) in [6, 6.07) is 2.64. The van der Waals surface area contributed by atoms with Crippen LogP contribution in [0, 0.1) is 0 Å². The summed E-state index contributed by atoms with van der Waals surface area (Å²) in [6.45, 7) is 6.15. The van der Waals surface area contributed by atoms with Gasteiger partial charge in [-0.2, -0.15) is 0 Å². The van der Waals surface area contributed by atoms with Crippen molar-refractivity contribution in [2.45, 2.75) is 38.8 Å². The van der Waals surface area contributed by atoms with Crippen LogP contribution < -0.4 is 5.32 Å². The number of hydrogen-bond acceptors (Lipinski definition) is 5. The topological polar surface area (TPSA) is 109 Å². The molecule has 1 unspecified atom stereocenters. The first-order valence-electron chi connectivity index (χ1n) is 6.03. The third-order valence-electron chi connectivity index (χ3n) is 2.45. The van der Waals surface area contributed by atoms with Crippen molar-refractivity contribution in [2.24, 2.45) is 0 Å². The molecule has 1 heterocycles. The van der Waals surface area contributed by atoms with Gasteiger partial charge in [0.05, 0.1) is 6.61 Å². The molecule has 1 rings (SSSR count). The summed E-state index contributed by atoms with van der Waals surface area (Å²) >= 11 is 0. The van der Waals surface area contributed by atoms with Crippen molar-refractivity contribution in [3.8, 4) is 0 Å². The molecule has 0 aliphatic heterocycles. The molecule has 0 fully saturated rings. The third-order valence-corrected chi connectivity index (χ3v) is 2.45. The minimum Gasteiger partial charge on any atom is -0.475 e. The molecule has 0 saturated carbocycles. The van der Waals surface area contributed by atoms with Gasteiger partial charge in [0, 0.05) is 0 Å². The summed E-state index contributed by atoms with van der Waals surface area (Å²) in [4.78, 5) is 22.5. The lowest BCUT2D eigenvalue weighted by molar-refractivity contribution is 0.0385. The van der Waals surface area contributed by atoms with Crippen LogP contribution >= 0.6 is 0 Å². The second-order valence-corrected chi connectivity index (χ2v) is 5.59. The summed E-state index contributed by atoms with van der Waals surface area (Å²) in [7, 11) is 0. The number of carboxylic acids is 1. The minimum atomic E-state index is -1.27. The Morgan fingerprint density at radius 2 is 1.90 bits per heavy atom. The summed E-state index contributed by atoms with van der Waals surface area (Å²) in [5, 5.41) is 20.7. The molecular formula is C13H19NO6. The van der Waals surface area contributed by atoms with Gasteiger partial charge in [-0.05, 0) is 39.8 Å². The summed E-state index contributed by atoms with van der Waals surface area (Å²) in [5.74, 6) is -1.37. The van der Waals surface area contributed by atoms with E-state index in [0.29, 0.717) is 0 Å². The summed E-state index contributed by atoms with van der Waals surface area (Å²) in [5.41, 5.74) is -1.95. The number of carbonyl (C=O) groups is 2. The molecular weight excluding hydrogens is 266 g/mol. The Labute approximate surface area is 116 Å². The van der Waals surface area contributed by atoms with Crippen molar-refractivity contribution in [3.63, 3.8) is 0 Å². The van der Waals surface area contributed by atoms with E-state index in [4.69, 9.17) is 14.3 Å². The van der Waals surface area contributed by atoms with Gasteiger partial charge in [0.15, 0.2) is 0 Å². The van der Waals surface area contributed by atoms with Crippen LogP contribution in [0.5, 0.6) is 0 Å². The van der Waals surface area contributed by atoms with E-state index in [0.717, 1.165) is 0 Å². The number of aliphatic hydroxyl groups excluding tert-OH is 1. The van der Waals surface area contributed by atoms with Crippen LogP contribution in [-0.4, -0.2) is 34.5 Å². The Hall–Kier alpha value is -2.02. The van der Waals surface area contributed by atoms with Crippen LogP contribution in [0.4, 0.5) is 4.79 Å². The molecule has 112 valence electrons. The Morgan fingerprint density at radius 1 is 1.30 bits per heavy atom. The van der Waals surface area contributed by atoms with Crippen LogP contribution in [0.1, 0.15) is 44.0 Å². The molecule has 0 saturated heterocycles. The van der Waals surface area contributed by atoms with Crippen LogP contribution in [0.2, 0.25) is 0 Å². The van der Waals surface area contributed by atoms with E-state index in [1.165, 1.54) is 19.1 Å². The summed E-state index contributed by atoms with van der Waals surface area (Å²) < 4.78 is 10.2. The van der Waals surface area contributed by atoms with Crippen LogP contribution in [0.3, 0.4) is 0 Å². The smallest absolute Gasteiger partial charge is 0.408 e. The van der Waals surface area contributed by atoms with Crippen molar-refractivity contribution in [3.05, 3.63) is 23.7 Å². The number of carboxylic acid groups (broad SMARTS) is 1. The van der Waals surface area contributed by atoms with Crippen LogP contribution in [0.15, 0.2) is 16.5 Å². The minimum absolute atomic E-state index is 0.128. The average molecular weight is 285 g/mol. The number of carbonyl (C=O) groups excluding carboxylic acids is 1. The average Bonchev–Trinajstić information content (AvgIpc) is 2.75. The number of amides is 1. The highest BCUT2D eigenvalue weighted by Crippen LogP contribution is 2.23. The Morgan fingerprint density at radius 3 is 2.30 bits per heavy atom. The lowest BCUT2D eigenvalue weighted by Gasteiger charge is -2.28. The predicted molar refractivity (Wildman–Crippen MR) is 69.5 cm³/mol. The van der Waals surface area contributed by atoms with E-state index in [9.17, 15) is 14.7 Å². The fourth-order valence-electron chi connectivity index (χ4n) is 1.46. The van der Waals surface area contributed by atoms with E-state index in [1.54, 1.807) is 20.8 Å². The van der Waals surface area contributed by atoms with Gasteiger partial charge in [-0.15, -0.1) is 0 Å². The molecule has 0 aliphatic carbocycles. The van der Waals surface area contributed by atoms with E-state index in [-0.39, 0.29) is 11.5 Å². The lowest BCUT2D eigenvalue weighted by atomic mass is 10.0. The fraction of sp³-hybridized carbons (Fsp3) is 0.538. The van der Waals surface area contributed by atoms with Crippen molar-refractivity contribution >= 4 is 12.1 Å². The van der Waals surface area contributed by atoms with Crippen LogP contribution in [-0.2, 0) is 10.3 Å². The Bertz CT molecular complexity index is 501. The molecule has 1 amide bonds. The quantitative estimate of drug-likeness (QED) is 0.777. The standard InChI is InChI=1S/C13H19NO6/c1-12(2,3)20-11(18)14-13(4,7-15)9-6-5-8(19-9)10(16)17/h5-6,15H,7H2,1-4H3,(H,14,18)(H,16,17). The van der Waals surface area contributed by atoms with E-state index in [1.807, 2.05) is 0 Å². The zero-order valence-corrected chi connectivity index (χ0v) is 11.9. The van der Waals surface area contributed by atoms with Gasteiger partial charge in [-0.3, -0.25) is 0 Å². The van der Waals surface area contributed by atoms with Crippen LogP contribution in [0.25, 0.3) is 0 Å². The highest BCUT2D eigenvalue weighted by molar-refractivity contribution is 5.84. The maximum absolute atomic E-state index is 11.7. The van der Waals surface area contributed by atoms with Crippen molar-refractivity contribution in [1.82, 2.24) is 5.32 Å². The number of nitrogens with one attached hydrogen (secondary N) is 1. The molecule has 0 radical (unpaired) electrons. The maximum atomic E-state index is 11.7. The van der Waals surface area contributed by atoms with Crippen molar-refractivity contribution in [2.75, 3.05) is 6.61 Å². The van der Waals surface area contributed by atoms with Gasteiger partial charge in [0.1, 0.15) is 16.9 Å². The molecule has 7 nitrogen and oxygen atoms in total. The molecule has 3 N–H and O–H groups in total. The monoisotopic (exact) mass is 285 g/mol. The van der Waals surface area contributed by atoms with E-state index >= 15 is 0 Å². The molecule has 1 aromatic heterocycles. The number of aromatic carboxylic acids is 1. The predicted octanol–water partition coefficient (Wildman–Crippen LogP) is 1.71. The lowest BCUT2D eigenvalue weighted by Crippen LogP contribution is -2.48. The second-order valence-electron chi connectivity index (χ2n) is 5.59. The molecule has 7 heteroatoms. The zero-order valence-electron chi connectivity index (χ0n) is 11.9. The second kappa shape index (κ2) is 5.54. The highest BCUT2D eigenvalue weighted by Gasteiger charge is 2.33. The molecule has 0 aliphatic rings. The van der Waals surface area contributed by atoms with Gasteiger partial charge in [-0.1, -0.05) is 0 Å². The zero-order chi connectivity index (χ0) is 15.6. The molecule has 1 aromatic rings. The third kappa shape index (κ3) is 3.99. The Balaban J connectivity index is 2.90. The summed E-state index contributed by atoms with van der Waals surface area (Å²) in [6.07, 6.45) is -0.734. The molecule has 0 bridgehead atoms. The van der Waals surface area contributed by atoms with Gasteiger partial charge in [0.2, 0.25) is 5.76 Å². The number of ether oxygens (including phenoxy) is 1. The molecule has 20 heavy (non-hydrogen) atoms. The fourth-order valence-corrected chi connectivity index (χ4v) is 1.46. The van der Waals surface area contributed by atoms with Gasteiger partial charge in [0.25, 0.3) is 0 Å². The molecule has 0 aromatic carbocycles. The van der Waals surface area contributed by atoms with E-state index < -0.39 is 29.8 Å². The SMILES string of the molecule is CC(C)(C)OC(=O)NC(C)(CO)c1ccc(C(=O)O)o1. The maximum Gasteiger partial charge on any atom is 0.408 e. The molecule has 0 spiro atoms. The number of furan rings is 1. The first kappa shape index (κ1) is 16.0. The normalized spacial score (nSPS) is 14.4. The van der Waals surface area contributed by atoms with Gasteiger partial charge < -0.3 is 24.7 Å². The number of aliphatic hydroxyl groups is 1. The Kier molecular flexibility index (Phi) is 4.44. The number of hydrogen-bond donors (Lipinski definition) is 3. The number of rotatable bonds is 4.